The Bertz CT molecular complexity index is 707. The highest BCUT2D eigenvalue weighted by Gasteiger charge is 2.35. The summed E-state index contributed by atoms with van der Waals surface area (Å²) in [6, 6.07) is 20.3. The molecule has 1 saturated heterocycles. The number of aliphatic hydroxyl groups is 1. The molecule has 0 bridgehead atoms. The standard InChI is InChI=1S/C19H23NO3S/c21-19-14-24(22,23)13-18(19)20-12-11-17(15-7-3-1-4-8-15)16-9-5-2-6-10-16/h1-10,17-21H,11-14H2. The van der Waals surface area contributed by atoms with Crippen LogP contribution >= 0.6 is 0 Å². The third-order valence-corrected chi connectivity index (χ3v) is 6.28. The van der Waals surface area contributed by atoms with E-state index in [2.05, 4.69) is 29.6 Å². The van der Waals surface area contributed by atoms with E-state index >= 15 is 0 Å². The van der Waals surface area contributed by atoms with Gasteiger partial charge < -0.3 is 10.4 Å². The van der Waals surface area contributed by atoms with Gasteiger partial charge in [0.25, 0.3) is 0 Å². The first-order chi connectivity index (χ1) is 11.6. The van der Waals surface area contributed by atoms with Gasteiger partial charge >= 0.3 is 0 Å². The molecule has 1 fully saturated rings. The highest BCUT2D eigenvalue weighted by atomic mass is 32.2. The summed E-state index contributed by atoms with van der Waals surface area (Å²) >= 11 is 0. The zero-order valence-corrected chi connectivity index (χ0v) is 14.3. The fourth-order valence-electron chi connectivity index (χ4n) is 3.33. The minimum Gasteiger partial charge on any atom is -0.390 e. The summed E-state index contributed by atoms with van der Waals surface area (Å²) in [5.74, 6) is 0.135. The summed E-state index contributed by atoms with van der Waals surface area (Å²) in [6.45, 7) is 0.658. The van der Waals surface area contributed by atoms with E-state index in [1.807, 2.05) is 36.4 Å². The third-order valence-electron chi connectivity index (χ3n) is 4.57. The normalized spacial score (nSPS) is 22.8. The number of rotatable bonds is 6. The van der Waals surface area contributed by atoms with Crippen molar-refractivity contribution in [2.45, 2.75) is 24.5 Å². The van der Waals surface area contributed by atoms with Gasteiger partial charge in [-0.15, -0.1) is 0 Å². The Labute approximate surface area is 143 Å². The van der Waals surface area contributed by atoms with Crippen molar-refractivity contribution < 1.29 is 13.5 Å². The molecule has 0 aliphatic carbocycles. The number of benzene rings is 2. The molecule has 0 radical (unpaired) electrons. The average Bonchev–Trinajstić information content (AvgIpc) is 2.85. The molecule has 0 amide bonds. The van der Waals surface area contributed by atoms with Gasteiger partial charge in [0.15, 0.2) is 9.84 Å². The number of hydrogen-bond donors (Lipinski definition) is 2. The molecule has 3 rings (SSSR count). The molecule has 2 aromatic rings. The second-order valence-corrected chi connectivity index (χ2v) is 8.52. The van der Waals surface area contributed by atoms with Crippen LogP contribution in [0.4, 0.5) is 0 Å². The molecule has 1 aliphatic rings. The van der Waals surface area contributed by atoms with Crippen molar-refractivity contribution in [3.05, 3.63) is 71.8 Å². The fraction of sp³-hybridized carbons (Fsp3) is 0.368. The SMILES string of the molecule is O=S1(=O)CC(O)C(NCCC(c2ccccc2)c2ccccc2)C1. The molecule has 0 spiro atoms. The molecule has 4 nitrogen and oxygen atoms in total. The number of hydrogen-bond acceptors (Lipinski definition) is 4. The van der Waals surface area contributed by atoms with E-state index in [0.717, 1.165) is 6.42 Å². The van der Waals surface area contributed by atoms with E-state index in [9.17, 15) is 13.5 Å². The lowest BCUT2D eigenvalue weighted by Crippen LogP contribution is -2.39. The lowest BCUT2D eigenvalue weighted by Gasteiger charge is -2.21. The smallest absolute Gasteiger partial charge is 0.154 e. The lowest BCUT2D eigenvalue weighted by molar-refractivity contribution is 0.166. The van der Waals surface area contributed by atoms with Crippen molar-refractivity contribution in [3.63, 3.8) is 0 Å². The van der Waals surface area contributed by atoms with Crippen LogP contribution in [0.3, 0.4) is 0 Å². The van der Waals surface area contributed by atoms with Crippen LogP contribution in [0.2, 0.25) is 0 Å². The summed E-state index contributed by atoms with van der Waals surface area (Å²) in [7, 11) is -3.11. The van der Waals surface area contributed by atoms with Crippen LogP contribution in [0.1, 0.15) is 23.5 Å². The van der Waals surface area contributed by atoms with Gasteiger partial charge in [-0.1, -0.05) is 60.7 Å². The maximum atomic E-state index is 11.6. The van der Waals surface area contributed by atoms with Crippen molar-refractivity contribution in [2.75, 3.05) is 18.1 Å². The van der Waals surface area contributed by atoms with Gasteiger partial charge in [-0.25, -0.2) is 8.42 Å². The largest absolute Gasteiger partial charge is 0.390 e. The predicted molar refractivity (Wildman–Crippen MR) is 95.8 cm³/mol. The first-order valence-electron chi connectivity index (χ1n) is 8.27. The van der Waals surface area contributed by atoms with Crippen LogP contribution in [0.5, 0.6) is 0 Å². The minimum absolute atomic E-state index is 0.0233. The molecule has 1 aliphatic heterocycles. The van der Waals surface area contributed by atoms with E-state index in [-0.39, 0.29) is 23.5 Å². The molecule has 2 unspecified atom stereocenters. The van der Waals surface area contributed by atoms with Gasteiger partial charge in [-0.3, -0.25) is 0 Å². The summed E-state index contributed by atoms with van der Waals surface area (Å²) < 4.78 is 23.2. The Morgan fingerprint density at radius 2 is 1.50 bits per heavy atom. The zero-order valence-electron chi connectivity index (χ0n) is 13.5. The Hall–Kier alpha value is -1.69. The summed E-state index contributed by atoms with van der Waals surface area (Å²) in [5, 5.41) is 13.1. The molecule has 2 atom stereocenters. The van der Waals surface area contributed by atoms with Gasteiger partial charge in [-0.05, 0) is 24.1 Å². The molecule has 24 heavy (non-hydrogen) atoms. The van der Waals surface area contributed by atoms with Gasteiger partial charge in [0.05, 0.1) is 17.6 Å². The Morgan fingerprint density at radius 3 is 1.96 bits per heavy atom. The second kappa shape index (κ2) is 7.47. The van der Waals surface area contributed by atoms with Crippen LogP contribution in [-0.2, 0) is 9.84 Å². The van der Waals surface area contributed by atoms with Gasteiger partial charge in [0, 0.05) is 12.0 Å². The highest BCUT2D eigenvalue weighted by molar-refractivity contribution is 7.91. The van der Waals surface area contributed by atoms with E-state index in [1.165, 1.54) is 11.1 Å². The number of sulfone groups is 1. The maximum absolute atomic E-state index is 11.6. The molecule has 128 valence electrons. The van der Waals surface area contributed by atoms with Gasteiger partial charge in [0.2, 0.25) is 0 Å². The average molecular weight is 345 g/mol. The first-order valence-corrected chi connectivity index (χ1v) is 10.1. The van der Waals surface area contributed by atoms with E-state index in [1.54, 1.807) is 0 Å². The van der Waals surface area contributed by atoms with Crippen LogP contribution in [0.15, 0.2) is 60.7 Å². The van der Waals surface area contributed by atoms with Crippen molar-refractivity contribution >= 4 is 9.84 Å². The molecule has 2 N–H and O–H groups in total. The van der Waals surface area contributed by atoms with Crippen LogP contribution < -0.4 is 5.32 Å². The molecule has 2 aromatic carbocycles. The maximum Gasteiger partial charge on any atom is 0.154 e. The highest BCUT2D eigenvalue weighted by Crippen LogP contribution is 2.27. The first kappa shape index (κ1) is 17.1. The molecular formula is C19H23NO3S. The third kappa shape index (κ3) is 4.23. The van der Waals surface area contributed by atoms with Crippen LogP contribution in [-0.4, -0.2) is 43.7 Å². The van der Waals surface area contributed by atoms with Gasteiger partial charge in [0.1, 0.15) is 0 Å². The lowest BCUT2D eigenvalue weighted by atomic mass is 9.88. The van der Waals surface area contributed by atoms with Crippen molar-refractivity contribution in [2.24, 2.45) is 0 Å². The Balaban J connectivity index is 1.67. The minimum atomic E-state index is -3.11. The Morgan fingerprint density at radius 1 is 0.958 bits per heavy atom. The second-order valence-electron chi connectivity index (χ2n) is 6.37. The fourth-order valence-corrected chi connectivity index (χ4v) is 5.11. The molecular weight excluding hydrogens is 322 g/mol. The van der Waals surface area contributed by atoms with Crippen molar-refractivity contribution in [1.82, 2.24) is 5.32 Å². The van der Waals surface area contributed by atoms with E-state index in [4.69, 9.17) is 0 Å². The van der Waals surface area contributed by atoms with Crippen molar-refractivity contribution in [3.8, 4) is 0 Å². The van der Waals surface area contributed by atoms with E-state index < -0.39 is 15.9 Å². The molecule has 5 heteroatoms. The molecule has 1 heterocycles. The van der Waals surface area contributed by atoms with Gasteiger partial charge in [-0.2, -0.15) is 0 Å². The van der Waals surface area contributed by atoms with Crippen LogP contribution in [0, 0.1) is 0 Å². The quantitative estimate of drug-likeness (QED) is 0.840. The number of nitrogens with one attached hydrogen (secondary N) is 1. The summed E-state index contributed by atoms with van der Waals surface area (Å²) in [6.07, 6.45) is 0.0407. The monoisotopic (exact) mass is 345 g/mol. The molecule has 0 saturated carbocycles. The number of aliphatic hydroxyl groups excluding tert-OH is 1. The topological polar surface area (TPSA) is 66.4 Å². The Kier molecular flexibility index (Phi) is 5.33. The van der Waals surface area contributed by atoms with Crippen molar-refractivity contribution in [1.29, 1.82) is 0 Å². The predicted octanol–water partition coefficient (Wildman–Crippen LogP) is 1.96. The molecule has 0 aromatic heterocycles. The summed E-state index contributed by atoms with van der Waals surface area (Å²) in [4.78, 5) is 0. The van der Waals surface area contributed by atoms with E-state index in [0.29, 0.717) is 6.54 Å². The summed E-state index contributed by atoms with van der Waals surface area (Å²) in [5.41, 5.74) is 2.48. The van der Waals surface area contributed by atoms with Crippen LogP contribution in [0.25, 0.3) is 0 Å². The zero-order chi connectivity index (χ0) is 17.0.